The fraction of sp³-hybridized carbons (Fsp3) is 0. The Kier molecular flexibility index (Phi) is 1.49. The summed E-state index contributed by atoms with van der Waals surface area (Å²) in [4.78, 5) is 10.1. The summed E-state index contributed by atoms with van der Waals surface area (Å²) in [6.45, 7) is 0. The molecule has 0 amide bonds. The van der Waals surface area contributed by atoms with E-state index in [0.717, 1.165) is 6.26 Å². The van der Waals surface area contributed by atoms with Gasteiger partial charge in [0.15, 0.2) is 6.29 Å². The Bertz CT molecular complexity index is 209. The van der Waals surface area contributed by atoms with Gasteiger partial charge in [0.1, 0.15) is 0 Å². The highest BCUT2D eigenvalue weighted by atomic mass is 16.2. The number of allylic oxidation sites excluding steroid dienone is 5. The zero-order valence-electron chi connectivity index (χ0n) is 4.74. The van der Waals surface area contributed by atoms with Gasteiger partial charge in [-0.2, -0.15) is 0 Å². The van der Waals surface area contributed by atoms with Gasteiger partial charge in [-0.05, 0) is 0 Å². The van der Waals surface area contributed by atoms with Crippen LogP contribution in [0.5, 0.6) is 0 Å². The number of hydrogen-bond donors (Lipinski definition) is 1. The molecule has 0 atom stereocenters. The van der Waals surface area contributed by atoms with E-state index in [1.165, 1.54) is 0 Å². The molecule has 0 unspecified atom stereocenters. The van der Waals surface area contributed by atoms with Gasteiger partial charge in [-0.25, -0.2) is 0 Å². The molecule has 1 N–H and O–H groups in total. The van der Waals surface area contributed by atoms with E-state index in [1.54, 1.807) is 18.2 Å². The second kappa shape index (κ2) is 2.31. The Balaban J connectivity index is 2.91. The van der Waals surface area contributed by atoms with Crippen LogP contribution in [-0.2, 0) is 4.79 Å². The van der Waals surface area contributed by atoms with Crippen molar-refractivity contribution in [3.8, 4) is 0 Å². The van der Waals surface area contributed by atoms with Crippen LogP contribution in [0.2, 0.25) is 0 Å². The van der Waals surface area contributed by atoms with Crippen molar-refractivity contribution >= 4 is 6.29 Å². The molecule has 46 valence electrons. The third kappa shape index (κ3) is 0.914. The Morgan fingerprint density at radius 3 is 2.78 bits per heavy atom. The van der Waals surface area contributed by atoms with Crippen molar-refractivity contribution in [2.45, 2.75) is 0 Å². The molecule has 0 bridgehead atoms. The maximum Gasteiger partial charge on any atom is 0.150 e. The summed E-state index contributed by atoms with van der Waals surface area (Å²) < 4.78 is 0. The highest BCUT2D eigenvalue weighted by molar-refractivity contribution is 5.84. The van der Waals surface area contributed by atoms with Crippen LogP contribution in [0.1, 0.15) is 0 Å². The average Bonchev–Trinajstić information content (AvgIpc) is 2.33. The predicted octanol–water partition coefficient (Wildman–Crippen LogP) is 1.12. The minimum atomic E-state index is 0.525. The van der Waals surface area contributed by atoms with Crippen molar-refractivity contribution in [2.75, 3.05) is 0 Å². The highest BCUT2D eigenvalue weighted by Crippen LogP contribution is 2.14. The number of aliphatic hydroxyl groups excluding tert-OH is 1. The van der Waals surface area contributed by atoms with E-state index in [0.29, 0.717) is 17.4 Å². The van der Waals surface area contributed by atoms with Crippen LogP contribution in [0, 0.1) is 0 Å². The van der Waals surface area contributed by atoms with Gasteiger partial charge >= 0.3 is 0 Å². The number of rotatable bonds is 1. The Morgan fingerprint density at radius 2 is 2.33 bits per heavy atom. The lowest BCUT2D eigenvalue weighted by atomic mass is 10.2. The molecule has 0 heterocycles. The Hall–Kier alpha value is -1.31. The maximum absolute atomic E-state index is 10.1. The number of hydrogen-bond acceptors (Lipinski definition) is 2. The minimum absolute atomic E-state index is 0.525. The molecule has 2 heteroatoms. The molecule has 0 saturated carbocycles. The predicted molar refractivity (Wildman–Crippen MR) is 34.0 cm³/mol. The van der Waals surface area contributed by atoms with Crippen molar-refractivity contribution < 1.29 is 9.90 Å². The second-order valence-electron chi connectivity index (χ2n) is 1.68. The van der Waals surface area contributed by atoms with Crippen LogP contribution in [0.25, 0.3) is 0 Å². The molecule has 1 aliphatic rings. The van der Waals surface area contributed by atoms with Crippen LogP contribution in [0.3, 0.4) is 0 Å². The van der Waals surface area contributed by atoms with Gasteiger partial charge in [0.05, 0.1) is 6.26 Å². The van der Waals surface area contributed by atoms with Gasteiger partial charge in [0, 0.05) is 11.1 Å². The van der Waals surface area contributed by atoms with Crippen LogP contribution in [-0.4, -0.2) is 11.4 Å². The van der Waals surface area contributed by atoms with E-state index < -0.39 is 0 Å². The molecule has 9 heavy (non-hydrogen) atoms. The number of carbonyl (C=O) groups excluding carboxylic acids is 1. The maximum atomic E-state index is 10.1. The Morgan fingerprint density at radius 1 is 1.56 bits per heavy atom. The number of carbonyl (C=O) groups is 1. The zero-order chi connectivity index (χ0) is 6.69. The van der Waals surface area contributed by atoms with Crippen LogP contribution in [0.15, 0.2) is 35.6 Å². The third-order valence-corrected chi connectivity index (χ3v) is 1.15. The standard InChI is InChI=1S/C7H6O2/c8-4-6-2-1-3-7(6)5-9/h1-5,8H/b6-4-. The lowest BCUT2D eigenvalue weighted by Gasteiger charge is -1.88. The largest absolute Gasteiger partial charge is 0.515 e. The fourth-order valence-corrected chi connectivity index (χ4v) is 0.673. The van der Waals surface area contributed by atoms with Gasteiger partial charge in [0.2, 0.25) is 0 Å². The topological polar surface area (TPSA) is 37.3 Å². The summed E-state index contributed by atoms with van der Waals surface area (Å²) in [5, 5.41) is 8.45. The molecule has 0 spiro atoms. The summed E-state index contributed by atoms with van der Waals surface area (Å²) in [6, 6.07) is 0. The summed E-state index contributed by atoms with van der Waals surface area (Å²) in [5.41, 5.74) is 1.10. The molecule has 0 aromatic heterocycles. The van der Waals surface area contributed by atoms with Crippen molar-refractivity contribution in [3.63, 3.8) is 0 Å². The molecule has 1 aliphatic carbocycles. The first-order valence-corrected chi connectivity index (χ1v) is 2.57. The van der Waals surface area contributed by atoms with E-state index in [4.69, 9.17) is 5.11 Å². The van der Waals surface area contributed by atoms with Crippen molar-refractivity contribution in [3.05, 3.63) is 35.6 Å². The third-order valence-electron chi connectivity index (χ3n) is 1.15. The van der Waals surface area contributed by atoms with Gasteiger partial charge in [0.25, 0.3) is 0 Å². The molecular formula is C7H6O2. The monoisotopic (exact) mass is 122 g/mol. The second-order valence-corrected chi connectivity index (χ2v) is 1.68. The summed E-state index contributed by atoms with van der Waals surface area (Å²) in [5.74, 6) is 0. The molecular weight excluding hydrogens is 116 g/mol. The quantitative estimate of drug-likeness (QED) is 0.418. The summed E-state index contributed by atoms with van der Waals surface area (Å²) in [7, 11) is 0. The molecule has 0 aromatic rings. The van der Waals surface area contributed by atoms with Crippen molar-refractivity contribution in [1.82, 2.24) is 0 Å². The smallest absolute Gasteiger partial charge is 0.150 e. The average molecular weight is 122 g/mol. The van der Waals surface area contributed by atoms with Crippen LogP contribution >= 0.6 is 0 Å². The SMILES string of the molecule is O=CC1=CC=C/C1=C/O. The minimum Gasteiger partial charge on any atom is -0.515 e. The summed E-state index contributed by atoms with van der Waals surface area (Å²) in [6.07, 6.45) is 6.66. The van der Waals surface area contributed by atoms with Gasteiger partial charge in [-0.1, -0.05) is 18.2 Å². The van der Waals surface area contributed by atoms with E-state index in [9.17, 15) is 4.79 Å². The van der Waals surface area contributed by atoms with Gasteiger partial charge in [-0.3, -0.25) is 4.79 Å². The van der Waals surface area contributed by atoms with E-state index >= 15 is 0 Å². The van der Waals surface area contributed by atoms with Crippen molar-refractivity contribution in [1.29, 1.82) is 0 Å². The molecule has 0 aromatic carbocycles. The fourth-order valence-electron chi connectivity index (χ4n) is 0.673. The Labute approximate surface area is 52.8 Å². The number of aldehydes is 1. The molecule has 0 fully saturated rings. The van der Waals surface area contributed by atoms with Crippen molar-refractivity contribution in [2.24, 2.45) is 0 Å². The van der Waals surface area contributed by atoms with E-state index in [1.807, 2.05) is 0 Å². The summed E-state index contributed by atoms with van der Waals surface area (Å²) >= 11 is 0. The molecule has 2 nitrogen and oxygen atoms in total. The molecule has 1 rings (SSSR count). The molecule has 0 radical (unpaired) electrons. The van der Waals surface area contributed by atoms with E-state index in [2.05, 4.69) is 0 Å². The molecule has 0 aliphatic heterocycles. The van der Waals surface area contributed by atoms with Crippen LogP contribution < -0.4 is 0 Å². The first-order valence-electron chi connectivity index (χ1n) is 2.57. The van der Waals surface area contributed by atoms with Crippen LogP contribution in [0.4, 0.5) is 0 Å². The molecule has 0 saturated heterocycles. The highest BCUT2D eigenvalue weighted by Gasteiger charge is 2.02. The number of aliphatic hydroxyl groups is 1. The lowest BCUT2D eigenvalue weighted by molar-refractivity contribution is -0.104. The normalized spacial score (nSPS) is 20.4. The van der Waals surface area contributed by atoms with Gasteiger partial charge < -0.3 is 5.11 Å². The van der Waals surface area contributed by atoms with Gasteiger partial charge in [-0.15, -0.1) is 0 Å². The first-order chi connectivity index (χ1) is 4.38. The zero-order valence-corrected chi connectivity index (χ0v) is 4.74. The first kappa shape index (κ1) is 5.82. The van der Waals surface area contributed by atoms with E-state index in [-0.39, 0.29) is 0 Å². The lowest BCUT2D eigenvalue weighted by Crippen LogP contribution is -1.82.